The van der Waals surface area contributed by atoms with Gasteiger partial charge in [-0.3, -0.25) is 4.90 Å². The number of ether oxygens (including phenoxy) is 1. The Hall–Kier alpha value is -3.01. The molecule has 0 saturated carbocycles. The monoisotopic (exact) mass is 588 g/mol. The molecular weight excluding hydrogens is 536 g/mol. The van der Waals surface area contributed by atoms with Gasteiger partial charge < -0.3 is 25.6 Å². The van der Waals surface area contributed by atoms with Gasteiger partial charge in [0.25, 0.3) is 0 Å². The highest BCUT2D eigenvalue weighted by molar-refractivity contribution is 5.88. The van der Waals surface area contributed by atoms with Gasteiger partial charge in [-0.05, 0) is 70.6 Å². The van der Waals surface area contributed by atoms with Crippen LogP contribution in [0.5, 0.6) is 0 Å². The van der Waals surface area contributed by atoms with Gasteiger partial charge in [0, 0.05) is 81.5 Å². The van der Waals surface area contributed by atoms with E-state index in [1.54, 1.807) is 0 Å². The number of nitrogen functional groups attached to an aromatic ring is 1. The highest BCUT2D eigenvalue weighted by Crippen LogP contribution is 2.30. The predicted octanol–water partition coefficient (Wildman–Crippen LogP) is 4.81. The first-order valence-corrected chi connectivity index (χ1v) is 16.4. The normalized spacial score (nSPS) is 23.6. The number of rotatable bonds is 10. The van der Waals surface area contributed by atoms with Gasteiger partial charge in [-0.2, -0.15) is 0 Å². The van der Waals surface area contributed by atoms with E-state index in [1.807, 2.05) is 12.3 Å². The molecule has 3 N–H and O–H groups in total. The predicted molar refractivity (Wildman–Crippen MR) is 177 cm³/mol. The number of pyridine rings is 1. The minimum atomic E-state index is 0.342. The summed E-state index contributed by atoms with van der Waals surface area (Å²) in [5, 5.41) is 3.66. The van der Waals surface area contributed by atoms with Crippen LogP contribution in [0.2, 0.25) is 0 Å². The highest BCUT2D eigenvalue weighted by atomic mass is 16.5. The molecule has 0 spiro atoms. The molecule has 9 heteroatoms. The molecule has 0 radical (unpaired) electrons. The second kappa shape index (κ2) is 14.6. The van der Waals surface area contributed by atoms with Gasteiger partial charge in [-0.25, -0.2) is 15.0 Å². The molecule has 43 heavy (non-hydrogen) atoms. The number of likely N-dealkylation sites (N-methyl/N-ethyl adjacent to an activating group) is 1. The van der Waals surface area contributed by atoms with E-state index < -0.39 is 0 Å². The number of aromatic nitrogens is 3. The summed E-state index contributed by atoms with van der Waals surface area (Å²) >= 11 is 0. The first kappa shape index (κ1) is 31.4. The summed E-state index contributed by atoms with van der Waals surface area (Å²) < 4.78 is 5.56. The van der Waals surface area contributed by atoms with Crippen molar-refractivity contribution >= 4 is 22.7 Å². The third-order valence-electron chi connectivity index (χ3n) is 9.55. The molecular formula is C34H52N8O. The number of allylic oxidation sites excluding steroid dienone is 4. The standard InChI is InChI=1S/C34H52N8O/c1-6-25(7-2)30(42-15-12-28(22-24(42)4)41-18-16-40(5)17-19-41)11-9-10-26-23-36-33(35)32-31(26)39-34(29(8-3)38-32)37-27-13-20-43-21-14-27/h6,9,11,23-24,27-28H,1,7-8,10,12-22H2,2-5H3,(H2,35,36)(H,37,39)/b11-9-,30-25-. The number of fused-ring (bicyclic) bond motifs is 1. The molecule has 3 aliphatic rings. The lowest BCUT2D eigenvalue weighted by Gasteiger charge is -2.46. The summed E-state index contributed by atoms with van der Waals surface area (Å²) in [6.45, 7) is 18.2. The number of anilines is 2. The zero-order chi connectivity index (χ0) is 30.3. The number of hydrogen-bond acceptors (Lipinski definition) is 9. The van der Waals surface area contributed by atoms with E-state index in [0.29, 0.717) is 35.9 Å². The summed E-state index contributed by atoms with van der Waals surface area (Å²) in [6.07, 6.45) is 15.2. The van der Waals surface area contributed by atoms with E-state index in [4.69, 9.17) is 20.4 Å². The number of piperidine rings is 1. The third-order valence-corrected chi connectivity index (χ3v) is 9.55. The molecule has 3 aliphatic heterocycles. The number of nitrogens with zero attached hydrogens (tertiary/aromatic N) is 6. The Morgan fingerprint density at radius 2 is 1.86 bits per heavy atom. The Bertz CT molecular complexity index is 1310. The summed E-state index contributed by atoms with van der Waals surface area (Å²) in [6, 6.07) is 1.48. The van der Waals surface area contributed by atoms with Crippen LogP contribution in [0.25, 0.3) is 11.0 Å². The van der Waals surface area contributed by atoms with E-state index in [1.165, 1.54) is 50.3 Å². The molecule has 2 aromatic heterocycles. The average Bonchev–Trinajstić information content (AvgIpc) is 3.02. The quantitative estimate of drug-likeness (QED) is 0.379. The van der Waals surface area contributed by atoms with Crippen molar-refractivity contribution in [3.05, 3.63) is 53.5 Å². The van der Waals surface area contributed by atoms with Gasteiger partial charge in [-0.15, -0.1) is 0 Å². The van der Waals surface area contributed by atoms with Crippen molar-refractivity contribution < 1.29 is 4.74 Å². The van der Waals surface area contributed by atoms with Crippen LogP contribution in [0.1, 0.15) is 64.1 Å². The van der Waals surface area contributed by atoms with Crippen molar-refractivity contribution in [2.24, 2.45) is 0 Å². The maximum Gasteiger partial charge on any atom is 0.151 e. The summed E-state index contributed by atoms with van der Waals surface area (Å²) in [7, 11) is 2.23. The van der Waals surface area contributed by atoms with Crippen molar-refractivity contribution in [3.63, 3.8) is 0 Å². The maximum absolute atomic E-state index is 6.32. The van der Waals surface area contributed by atoms with Gasteiger partial charge >= 0.3 is 0 Å². The Balaban J connectivity index is 1.36. The molecule has 3 saturated heterocycles. The number of nitrogens with one attached hydrogen (secondary N) is 1. The summed E-state index contributed by atoms with van der Waals surface area (Å²) in [4.78, 5) is 22.3. The lowest BCUT2D eigenvalue weighted by Crippen LogP contribution is -2.54. The smallest absolute Gasteiger partial charge is 0.151 e. The molecule has 9 nitrogen and oxygen atoms in total. The van der Waals surface area contributed by atoms with Crippen molar-refractivity contribution in [2.45, 2.75) is 83.8 Å². The van der Waals surface area contributed by atoms with Crippen LogP contribution in [0.15, 0.2) is 42.3 Å². The molecule has 2 unspecified atom stereocenters. The van der Waals surface area contributed by atoms with Crippen LogP contribution >= 0.6 is 0 Å². The molecule has 234 valence electrons. The number of nitrogens with two attached hydrogens (primary N) is 1. The van der Waals surface area contributed by atoms with Crippen molar-refractivity contribution in [1.82, 2.24) is 29.7 Å². The Labute approximate surface area is 258 Å². The molecule has 0 aliphatic carbocycles. The largest absolute Gasteiger partial charge is 0.382 e. The third kappa shape index (κ3) is 7.39. The van der Waals surface area contributed by atoms with Crippen LogP contribution < -0.4 is 11.1 Å². The molecule has 0 bridgehead atoms. The fraction of sp³-hybridized carbons (Fsp3) is 0.618. The molecule has 0 amide bonds. The summed E-state index contributed by atoms with van der Waals surface area (Å²) in [5.41, 5.74) is 12.4. The van der Waals surface area contributed by atoms with Crippen molar-refractivity contribution in [2.75, 3.05) is 64.0 Å². The van der Waals surface area contributed by atoms with Gasteiger partial charge in [0.15, 0.2) is 5.82 Å². The number of likely N-dealkylation sites (tertiary alicyclic amines) is 1. The highest BCUT2D eigenvalue weighted by Gasteiger charge is 2.31. The first-order chi connectivity index (χ1) is 20.9. The first-order valence-electron chi connectivity index (χ1n) is 16.4. The minimum absolute atomic E-state index is 0.342. The lowest BCUT2D eigenvalue weighted by molar-refractivity contribution is 0.0579. The van der Waals surface area contributed by atoms with Crippen LogP contribution in [0.3, 0.4) is 0 Å². The van der Waals surface area contributed by atoms with Crippen LogP contribution in [0.4, 0.5) is 11.6 Å². The Kier molecular flexibility index (Phi) is 10.7. The SMILES string of the molecule is C=C/C(CC)=C(\C=C/Cc1cnc(N)c2nc(CC)c(NC3CCOCC3)nc12)N1CCC(N2CCN(C)CC2)CC1C. The molecule has 5 heterocycles. The topological polar surface area (TPSA) is 95.7 Å². The Morgan fingerprint density at radius 1 is 1.09 bits per heavy atom. The van der Waals surface area contributed by atoms with Crippen molar-refractivity contribution in [3.8, 4) is 0 Å². The minimum Gasteiger partial charge on any atom is -0.382 e. The van der Waals surface area contributed by atoms with Crippen molar-refractivity contribution in [1.29, 1.82) is 0 Å². The van der Waals surface area contributed by atoms with E-state index in [0.717, 1.165) is 68.0 Å². The molecule has 3 fully saturated rings. The average molecular weight is 589 g/mol. The lowest BCUT2D eigenvalue weighted by atomic mass is 9.94. The number of piperazine rings is 1. The second-order valence-electron chi connectivity index (χ2n) is 12.4. The van der Waals surface area contributed by atoms with Gasteiger partial charge in [-0.1, -0.05) is 32.6 Å². The molecule has 2 atom stereocenters. The fourth-order valence-corrected chi connectivity index (χ4v) is 6.83. The van der Waals surface area contributed by atoms with E-state index in [-0.39, 0.29) is 0 Å². The van der Waals surface area contributed by atoms with Crippen LogP contribution in [-0.2, 0) is 17.6 Å². The zero-order valence-corrected chi connectivity index (χ0v) is 26.8. The maximum atomic E-state index is 6.32. The molecule has 0 aromatic carbocycles. The number of aryl methyl sites for hydroxylation is 1. The van der Waals surface area contributed by atoms with Crippen LogP contribution in [-0.4, -0.2) is 101 Å². The summed E-state index contributed by atoms with van der Waals surface area (Å²) in [5.74, 6) is 1.29. The Morgan fingerprint density at radius 3 is 2.53 bits per heavy atom. The van der Waals surface area contributed by atoms with E-state index in [2.05, 4.69) is 71.6 Å². The zero-order valence-electron chi connectivity index (χ0n) is 26.8. The van der Waals surface area contributed by atoms with Crippen LogP contribution in [0, 0.1) is 0 Å². The van der Waals surface area contributed by atoms with Gasteiger partial charge in [0.2, 0.25) is 0 Å². The molecule has 5 rings (SSSR count). The number of hydrogen-bond donors (Lipinski definition) is 2. The fourth-order valence-electron chi connectivity index (χ4n) is 6.83. The van der Waals surface area contributed by atoms with E-state index in [9.17, 15) is 0 Å². The van der Waals surface area contributed by atoms with Gasteiger partial charge in [0.1, 0.15) is 11.3 Å². The molecule has 2 aromatic rings. The van der Waals surface area contributed by atoms with Gasteiger partial charge in [0.05, 0.1) is 11.2 Å². The van der Waals surface area contributed by atoms with E-state index >= 15 is 0 Å². The second-order valence-corrected chi connectivity index (χ2v) is 12.4.